The molecule has 0 heterocycles. The van der Waals surface area contributed by atoms with Crippen LogP contribution in [0.1, 0.15) is 32.6 Å². The maximum atomic E-state index is 10.2. The van der Waals surface area contributed by atoms with Crippen LogP contribution in [-0.4, -0.2) is 5.71 Å². The molecule has 0 spiro atoms. The van der Waals surface area contributed by atoms with Crippen molar-refractivity contribution >= 4 is 14.7 Å². The minimum absolute atomic E-state index is 0.824. The van der Waals surface area contributed by atoms with Gasteiger partial charge >= 0.3 is 0 Å². The lowest BCUT2D eigenvalue weighted by Gasteiger charge is -1.99. The van der Waals surface area contributed by atoms with E-state index >= 15 is 0 Å². The zero-order valence-corrected chi connectivity index (χ0v) is 7.49. The lowest BCUT2D eigenvalue weighted by atomic mass is 10.1. The van der Waals surface area contributed by atoms with Gasteiger partial charge in [-0.3, -0.25) is 0 Å². The van der Waals surface area contributed by atoms with Gasteiger partial charge in [0.2, 0.25) is 0 Å². The number of hydrogen-bond acceptors (Lipinski definition) is 2. The SMILES string of the molecule is CCC1CCC(=N[PH2+][O-])C1. The summed E-state index contributed by atoms with van der Waals surface area (Å²) in [5, 5.41) is 0. The molecule has 0 aromatic rings. The number of hydrogen-bond donors (Lipinski definition) is 0. The van der Waals surface area contributed by atoms with Gasteiger partial charge in [0, 0.05) is 0 Å². The van der Waals surface area contributed by atoms with Gasteiger partial charge in [-0.25, -0.2) is 0 Å². The summed E-state index contributed by atoms with van der Waals surface area (Å²) in [7, 11) is -0.893. The van der Waals surface area contributed by atoms with E-state index in [-0.39, 0.29) is 0 Å². The Morgan fingerprint density at radius 3 is 3.10 bits per heavy atom. The normalized spacial score (nSPS) is 31.0. The molecule has 1 fully saturated rings. The summed E-state index contributed by atoms with van der Waals surface area (Å²) in [5.74, 6) is 0.824. The van der Waals surface area contributed by atoms with E-state index in [0.717, 1.165) is 18.8 Å². The van der Waals surface area contributed by atoms with E-state index in [1.807, 2.05) is 0 Å². The highest BCUT2D eigenvalue weighted by molar-refractivity contribution is 7.28. The Labute approximate surface area is 63.7 Å². The molecular formula is C7H14NOP. The second-order valence-electron chi connectivity index (χ2n) is 2.82. The zero-order valence-electron chi connectivity index (χ0n) is 6.34. The summed E-state index contributed by atoms with van der Waals surface area (Å²) >= 11 is 0. The Kier molecular flexibility index (Phi) is 3.30. The molecule has 2 nitrogen and oxygen atoms in total. The first kappa shape index (κ1) is 8.16. The predicted molar refractivity (Wildman–Crippen MR) is 44.8 cm³/mol. The largest absolute Gasteiger partial charge is 0.663 e. The van der Waals surface area contributed by atoms with Gasteiger partial charge in [0.25, 0.3) is 0 Å². The monoisotopic (exact) mass is 159 g/mol. The Morgan fingerprint density at radius 2 is 2.60 bits per heavy atom. The first-order valence-electron chi connectivity index (χ1n) is 3.86. The molecule has 10 heavy (non-hydrogen) atoms. The van der Waals surface area contributed by atoms with Crippen molar-refractivity contribution in [3.05, 3.63) is 0 Å². The van der Waals surface area contributed by atoms with Crippen molar-refractivity contribution in [1.29, 1.82) is 0 Å². The van der Waals surface area contributed by atoms with Crippen molar-refractivity contribution in [2.24, 2.45) is 10.7 Å². The van der Waals surface area contributed by atoms with Crippen molar-refractivity contribution in [3.63, 3.8) is 0 Å². The minimum atomic E-state index is -0.893. The van der Waals surface area contributed by atoms with Gasteiger partial charge in [-0.05, 0) is 25.2 Å². The van der Waals surface area contributed by atoms with Crippen LogP contribution in [0.3, 0.4) is 0 Å². The van der Waals surface area contributed by atoms with Crippen LogP contribution >= 0.6 is 8.96 Å². The van der Waals surface area contributed by atoms with Crippen LogP contribution in [0.15, 0.2) is 4.76 Å². The molecule has 1 saturated carbocycles. The fourth-order valence-corrected chi connectivity index (χ4v) is 1.83. The first-order valence-corrected chi connectivity index (χ1v) is 4.84. The Hall–Kier alpha value is 0.0600. The molecule has 0 bridgehead atoms. The number of rotatable bonds is 2. The molecule has 1 aliphatic carbocycles. The van der Waals surface area contributed by atoms with Gasteiger partial charge in [0.05, 0.1) is 14.7 Å². The molecule has 2 unspecified atom stereocenters. The fourth-order valence-electron chi connectivity index (χ4n) is 1.45. The third-order valence-corrected chi connectivity index (χ3v) is 2.65. The minimum Gasteiger partial charge on any atom is -0.663 e. The molecule has 0 radical (unpaired) electrons. The van der Waals surface area contributed by atoms with Gasteiger partial charge in [0.15, 0.2) is 0 Å². The quantitative estimate of drug-likeness (QED) is 0.558. The van der Waals surface area contributed by atoms with Gasteiger partial charge in [-0.1, -0.05) is 13.3 Å². The van der Waals surface area contributed by atoms with Gasteiger partial charge in [-0.2, -0.15) is 0 Å². The van der Waals surface area contributed by atoms with Crippen molar-refractivity contribution in [2.45, 2.75) is 32.6 Å². The molecule has 0 amide bonds. The van der Waals surface area contributed by atoms with E-state index in [9.17, 15) is 4.89 Å². The second kappa shape index (κ2) is 4.05. The average molecular weight is 159 g/mol. The van der Waals surface area contributed by atoms with Crippen LogP contribution < -0.4 is 4.89 Å². The van der Waals surface area contributed by atoms with Gasteiger partial charge < -0.3 is 4.89 Å². The zero-order chi connectivity index (χ0) is 7.40. The predicted octanol–water partition coefficient (Wildman–Crippen LogP) is 1.24. The van der Waals surface area contributed by atoms with Crippen molar-refractivity contribution < 1.29 is 4.89 Å². The van der Waals surface area contributed by atoms with E-state index in [1.54, 1.807) is 0 Å². The Morgan fingerprint density at radius 1 is 1.80 bits per heavy atom. The summed E-state index contributed by atoms with van der Waals surface area (Å²) in [5.41, 5.74) is 1.19. The van der Waals surface area contributed by atoms with Crippen LogP contribution in [0.5, 0.6) is 0 Å². The smallest absolute Gasteiger partial charge is 0.0570 e. The summed E-state index contributed by atoms with van der Waals surface area (Å²) < 4.78 is 3.97. The summed E-state index contributed by atoms with van der Waals surface area (Å²) in [4.78, 5) is 10.2. The summed E-state index contributed by atoms with van der Waals surface area (Å²) in [6, 6.07) is 0. The third-order valence-electron chi connectivity index (χ3n) is 2.18. The van der Waals surface area contributed by atoms with Crippen molar-refractivity contribution in [3.8, 4) is 0 Å². The van der Waals surface area contributed by atoms with Crippen LogP contribution in [0.25, 0.3) is 0 Å². The Balaban J connectivity index is 2.35. The summed E-state index contributed by atoms with van der Waals surface area (Å²) in [6.45, 7) is 2.21. The van der Waals surface area contributed by atoms with Gasteiger partial charge in [0.1, 0.15) is 0 Å². The standard InChI is InChI=1S/C7H14NOP/c1-2-6-3-4-7(5-6)8-10-9/h6H,2-5,10H2,1H3. The highest BCUT2D eigenvalue weighted by Gasteiger charge is 2.18. The Bertz CT molecular complexity index is 136. The molecular weight excluding hydrogens is 145 g/mol. The van der Waals surface area contributed by atoms with Crippen LogP contribution in [-0.2, 0) is 0 Å². The first-order chi connectivity index (χ1) is 4.86. The van der Waals surface area contributed by atoms with Crippen LogP contribution in [0.2, 0.25) is 0 Å². The molecule has 1 rings (SSSR count). The van der Waals surface area contributed by atoms with Crippen LogP contribution in [0, 0.1) is 5.92 Å². The van der Waals surface area contributed by atoms with E-state index in [4.69, 9.17) is 0 Å². The molecule has 58 valence electrons. The third kappa shape index (κ3) is 2.03. The highest BCUT2D eigenvalue weighted by atomic mass is 31.1. The van der Waals surface area contributed by atoms with Gasteiger partial charge in [-0.15, -0.1) is 4.76 Å². The van der Waals surface area contributed by atoms with E-state index in [2.05, 4.69) is 11.7 Å². The number of nitrogens with zero attached hydrogens (tertiary/aromatic N) is 1. The lowest BCUT2D eigenvalue weighted by molar-refractivity contribution is -0.150. The van der Waals surface area contributed by atoms with Crippen LogP contribution in [0.4, 0.5) is 0 Å². The molecule has 1 aliphatic rings. The molecule has 0 saturated heterocycles. The lowest BCUT2D eigenvalue weighted by Crippen LogP contribution is -1.92. The summed E-state index contributed by atoms with van der Waals surface area (Å²) in [6.07, 6.45) is 4.70. The van der Waals surface area contributed by atoms with E-state index in [1.165, 1.54) is 18.6 Å². The molecule has 0 aliphatic heterocycles. The topological polar surface area (TPSA) is 35.4 Å². The highest BCUT2D eigenvalue weighted by Crippen LogP contribution is 2.26. The molecule has 3 heteroatoms. The molecule has 0 aromatic carbocycles. The van der Waals surface area contributed by atoms with Crippen molar-refractivity contribution in [2.75, 3.05) is 0 Å². The van der Waals surface area contributed by atoms with E-state index < -0.39 is 8.96 Å². The second-order valence-corrected chi connectivity index (χ2v) is 3.29. The maximum Gasteiger partial charge on any atom is 0.0570 e. The maximum absolute atomic E-state index is 10.2. The molecule has 0 N–H and O–H groups in total. The molecule has 0 aromatic heterocycles. The molecule has 2 atom stereocenters. The fraction of sp³-hybridized carbons (Fsp3) is 0.857. The van der Waals surface area contributed by atoms with Crippen molar-refractivity contribution in [1.82, 2.24) is 0 Å². The van der Waals surface area contributed by atoms with E-state index in [0.29, 0.717) is 0 Å². The average Bonchev–Trinajstić information content (AvgIpc) is 2.37.